The summed E-state index contributed by atoms with van der Waals surface area (Å²) in [6.07, 6.45) is 7.26. The van der Waals surface area contributed by atoms with E-state index in [1.807, 2.05) is 12.2 Å². The zero-order valence-electron chi connectivity index (χ0n) is 12.4. The van der Waals surface area contributed by atoms with Gasteiger partial charge in [0.25, 0.3) is 11.8 Å². The van der Waals surface area contributed by atoms with Gasteiger partial charge < -0.3 is 0 Å². The summed E-state index contributed by atoms with van der Waals surface area (Å²) in [5.74, 6) is -0.387. The van der Waals surface area contributed by atoms with E-state index in [1.165, 1.54) is 0 Å². The van der Waals surface area contributed by atoms with E-state index >= 15 is 0 Å². The van der Waals surface area contributed by atoms with Crippen molar-refractivity contribution in [3.05, 3.63) is 59.2 Å². The van der Waals surface area contributed by atoms with Gasteiger partial charge in [-0.2, -0.15) is 0 Å². The number of carbonyl (C=O) groups excluding carboxylic acids is 3. The maximum atomic E-state index is 12.2. The number of hydrogen-bond donors (Lipinski definition) is 0. The van der Waals surface area contributed by atoms with Crippen molar-refractivity contribution in [1.82, 2.24) is 4.90 Å². The van der Waals surface area contributed by atoms with Crippen LogP contribution in [0.25, 0.3) is 0 Å². The first-order chi connectivity index (χ1) is 10.6. The third-order valence-electron chi connectivity index (χ3n) is 4.00. The van der Waals surface area contributed by atoms with Crippen LogP contribution >= 0.6 is 0 Å². The minimum atomic E-state index is -0.379. The first kappa shape index (κ1) is 14.4. The van der Waals surface area contributed by atoms with E-state index in [1.54, 1.807) is 24.3 Å². The van der Waals surface area contributed by atoms with E-state index in [-0.39, 0.29) is 30.6 Å². The summed E-state index contributed by atoms with van der Waals surface area (Å²) < 4.78 is 0. The van der Waals surface area contributed by atoms with E-state index in [0.29, 0.717) is 17.0 Å². The summed E-state index contributed by atoms with van der Waals surface area (Å²) in [6, 6.07) is 6.67. The van der Waals surface area contributed by atoms with Crippen LogP contribution in [-0.4, -0.2) is 29.0 Å². The highest BCUT2D eigenvalue weighted by molar-refractivity contribution is 6.22. The maximum Gasteiger partial charge on any atom is 0.261 e. The number of imide groups is 1. The van der Waals surface area contributed by atoms with Gasteiger partial charge in [0.2, 0.25) is 0 Å². The highest BCUT2D eigenvalue weighted by Crippen LogP contribution is 2.23. The second kappa shape index (κ2) is 5.72. The molecule has 0 saturated carbocycles. The maximum absolute atomic E-state index is 12.2. The number of Topliss-reactive ketones (excluding diaryl/α,β-unsaturated/α-hetero) is 1. The lowest BCUT2D eigenvalue weighted by atomic mass is 9.96. The van der Waals surface area contributed by atoms with Gasteiger partial charge in [0.1, 0.15) is 0 Å². The number of nitrogens with zero attached hydrogens (tertiary/aromatic N) is 1. The molecule has 0 N–H and O–H groups in total. The number of ketones is 1. The predicted octanol–water partition coefficient (Wildman–Crippen LogP) is 2.76. The molecule has 4 heteroatoms. The van der Waals surface area contributed by atoms with Crippen molar-refractivity contribution >= 4 is 17.6 Å². The molecule has 1 heterocycles. The van der Waals surface area contributed by atoms with Gasteiger partial charge in [-0.1, -0.05) is 37.3 Å². The van der Waals surface area contributed by atoms with Gasteiger partial charge in [0.05, 0.1) is 17.7 Å². The summed E-state index contributed by atoms with van der Waals surface area (Å²) in [5.41, 5.74) is 1.72. The number of fused-ring (bicyclic) bond motifs is 1. The number of amides is 2. The summed E-state index contributed by atoms with van der Waals surface area (Å²) in [6.45, 7) is 1.96. The lowest BCUT2D eigenvalue weighted by Gasteiger charge is -2.14. The number of benzene rings is 1. The van der Waals surface area contributed by atoms with Crippen LogP contribution in [0.2, 0.25) is 0 Å². The highest BCUT2D eigenvalue weighted by Gasteiger charge is 2.36. The van der Waals surface area contributed by atoms with Crippen molar-refractivity contribution in [3.63, 3.8) is 0 Å². The Morgan fingerprint density at radius 3 is 2.36 bits per heavy atom. The van der Waals surface area contributed by atoms with Crippen LogP contribution in [0.4, 0.5) is 0 Å². The van der Waals surface area contributed by atoms with Gasteiger partial charge in [0, 0.05) is 6.42 Å². The molecule has 112 valence electrons. The molecule has 0 saturated heterocycles. The fourth-order valence-corrected chi connectivity index (χ4v) is 2.75. The van der Waals surface area contributed by atoms with Gasteiger partial charge in [-0.25, -0.2) is 0 Å². The molecule has 2 amide bonds. The van der Waals surface area contributed by atoms with E-state index in [4.69, 9.17) is 0 Å². The lowest BCUT2D eigenvalue weighted by Crippen LogP contribution is -2.34. The molecule has 0 radical (unpaired) electrons. The Hall–Kier alpha value is -2.49. The normalized spacial score (nSPS) is 20.1. The van der Waals surface area contributed by atoms with Crippen molar-refractivity contribution in [1.29, 1.82) is 0 Å². The average molecular weight is 295 g/mol. The molecule has 0 aromatic heterocycles. The van der Waals surface area contributed by atoms with Crippen molar-refractivity contribution in [2.45, 2.75) is 19.8 Å². The van der Waals surface area contributed by atoms with Gasteiger partial charge >= 0.3 is 0 Å². The van der Waals surface area contributed by atoms with Gasteiger partial charge in [-0.15, -0.1) is 0 Å². The van der Waals surface area contributed by atoms with Crippen molar-refractivity contribution in [2.24, 2.45) is 5.92 Å². The fraction of sp³-hybridized carbons (Fsp3) is 0.278. The smallest absolute Gasteiger partial charge is 0.261 e. The topological polar surface area (TPSA) is 54.5 Å². The zero-order valence-corrected chi connectivity index (χ0v) is 12.4. The molecule has 1 aromatic rings. The van der Waals surface area contributed by atoms with Crippen LogP contribution in [-0.2, 0) is 4.79 Å². The molecule has 2 aliphatic rings. The Kier molecular flexibility index (Phi) is 3.75. The summed E-state index contributed by atoms with van der Waals surface area (Å²) in [5, 5.41) is 0. The Morgan fingerprint density at radius 1 is 1.18 bits per heavy atom. The van der Waals surface area contributed by atoms with Gasteiger partial charge in [-0.3, -0.25) is 19.3 Å². The second-order valence-electron chi connectivity index (χ2n) is 5.81. The Bertz CT molecular complexity index is 680. The summed E-state index contributed by atoms with van der Waals surface area (Å²) >= 11 is 0. The van der Waals surface area contributed by atoms with Crippen LogP contribution in [0.15, 0.2) is 48.1 Å². The molecule has 3 rings (SSSR count). The molecular formula is C18H17NO3. The van der Waals surface area contributed by atoms with Crippen LogP contribution in [0.3, 0.4) is 0 Å². The fourth-order valence-electron chi connectivity index (χ4n) is 2.75. The Morgan fingerprint density at radius 2 is 1.82 bits per heavy atom. The molecule has 1 aliphatic carbocycles. The number of rotatable bonds is 4. The van der Waals surface area contributed by atoms with E-state index in [2.05, 4.69) is 13.0 Å². The standard InChI is InChI=1S/C18H17NO3/c1-12-6-8-13(9-7-12)10-14(20)11-19-17(21)15-4-2-3-5-16(15)18(19)22/h2-6,8-9,12H,7,10-11H2,1H3. The molecule has 0 fully saturated rings. The van der Waals surface area contributed by atoms with Crippen molar-refractivity contribution in [2.75, 3.05) is 6.54 Å². The number of allylic oxidation sites excluding steroid dienone is 4. The molecule has 22 heavy (non-hydrogen) atoms. The minimum absolute atomic E-state index is 0.125. The zero-order chi connectivity index (χ0) is 15.7. The van der Waals surface area contributed by atoms with Crippen LogP contribution in [0, 0.1) is 5.92 Å². The van der Waals surface area contributed by atoms with Crippen molar-refractivity contribution < 1.29 is 14.4 Å². The molecule has 0 spiro atoms. The number of carbonyl (C=O) groups is 3. The SMILES string of the molecule is CC1C=CC(CC(=O)CN2C(=O)c3ccccc3C2=O)=CC1. The molecule has 1 atom stereocenters. The molecule has 0 bridgehead atoms. The first-order valence-corrected chi connectivity index (χ1v) is 7.40. The van der Waals surface area contributed by atoms with E-state index in [0.717, 1.165) is 16.9 Å². The molecule has 1 aromatic carbocycles. The quantitative estimate of drug-likeness (QED) is 0.803. The molecule has 1 aliphatic heterocycles. The summed E-state index contributed by atoms with van der Waals surface area (Å²) in [4.78, 5) is 37.6. The van der Waals surface area contributed by atoms with Gasteiger partial charge in [0.15, 0.2) is 5.78 Å². The third-order valence-corrected chi connectivity index (χ3v) is 4.00. The lowest BCUT2D eigenvalue weighted by molar-refractivity contribution is -0.118. The highest BCUT2D eigenvalue weighted by atomic mass is 16.2. The van der Waals surface area contributed by atoms with Crippen LogP contribution < -0.4 is 0 Å². The molecule has 1 unspecified atom stereocenters. The minimum Gasteiger partial charge on any atom is -0.297 e. The van der Waals surface area contributed by atoms with Gasteiger partial charge in [-0.05, 0) is 30.0 Å². The predicted molar refractivity (Wildman–Crippen MR) is 82.4 cm³/mol. The largest absolute Gasteiger partial charge is 0.297 e. The number of hydrogen-bond acceptors (Lipinski definition) is 3. The molecule has 4 nitrogen and oxygen atoms in total. The van der Waals surface area contributed by atoms with E-state index in [9.17, 15) is 14.4 Å². The Labute approximate surface area is 129 Å². The van der Waals surface area contributed by atoms with Crippen molar-refractivity contribution in [3.8, 4) is 0 Å². The van der Waals surface area contributed by atoms with Crippen LogP contribution in [0.5, 0.6) is 0 Å². The molecular weight excluding hydrogens is 278 g/mol. The Balaban J connectivity index is 1.67. The van der Waals surface area contributed by atoms with Crippen LogP contribution in [0.1, 0.15) is 40.5 Å². The monoisotopic (exact) mass is 295 g/mol. The third kappa shape index (κ3) is 2.64. The first-order valence-electron chi connectivity index (χ1n) is 7.40. The van der Waals surface area contributed by atoms with E-state index < -0.39 is 0 Å². The average Bonchev–Trinajstić information content (AvgIpc) is 2.75. The summed E-state index contributed by atoms with van der Waals surface area (Å²) in [7, 11) is 0. The second-order valence-corrected chi connectivity index (χ2v) is 5.81.